The van der Waals surface area contributed by atoms with Gasteiger partial charge in [0.05, 0.1) is 26.7 Å². The first-order valence-corrected chi connectivity index (χ1v) is 11.4. The van der Waals surface area contributed by atoms with Crippen molar-refractivity contribution in [2.24, 2.45) is 5.92 Å². The summed E-state index contributed by atoms with van der Waals surface area (Å²) in [6.07, 6.45) is 4.44. The second kappa shape index (κ2) is 9.24. The van der Waals surface area contributed by atoms with Gasteiger partial charge in [0.15, 0.2) is 0 Å². The summed E-state index contributed by atoms with van der Waals surface area (Å²) in [6, 6.07) is 5.16. The maximum Gasteiger partial charge on any atom is 0.246 e. The molecule has 0 aromatic heterocycles. The first kappa shape index (κ1) is 21.1. The summed E-state index contributed by atoms with van der Waals surface area (Å²) in [5, 5.41) is 3.09. The smallest absolute Gasteiger partial charge is 0.246 e. The van der Waals surface area contributed by atoms with Crippen LogP contribution in [0.25, 0.3) is 0 Å². The average Bonchev–Trinajstić information content (AvgIpc) is 2.70. The predicted molar refractivity (Wildman–Crippen MR) is 106 cm³/mol. The molecule has 1 heterocycles. The number of hydrogen-bond donors (Lipinski definition) is 1. The molecule has 0 radical (unpaired) electrons. The van der Waals surface area contributed by atoms with Gasteiger partial charge in [0, 0.05) is 19.1 Å². The van der Waals surface area contributed by atoms with Gasteiger partial charge in [0.1, 0.15) is 10.6 Å². The van der Waals surface area contributed by atoms with Crippen molar-refractivity contribution < 1.29 is 22.7 Å². The van der Waals surface area contributed by atoms with Crippen molar-refractivity contribution in [2.45, 2.75) is 50.0 Å². The fraction of sp³-hybridized carbons (Fsp3) is 0.650. The van der Waals surface area contributed by atoms with Crippen LogP contribution in [0.15, 0.2) is 23.1 Å². The van der Waals surface area contributed by atoms with E-state index in [1.165, 1.54) is 11.4 Å². The Morgan fingerprint density at radius 2 is 1.89 bits per heavy atom. The summed E-state index contributed by atoms with van der Waals surface area (Å²) in [7, 11) is -2.25. The van der Waals surface area contributed by atoms with Gasteiger partial charge in [0.25, 0.3) is 0 Å². The Morgan fingerprint density at radius 3 is 2.54 bits per heavy atom. The zero-order valence-electron chi connectivity index (χ0n) is 16.6. The SMILES string of the molecule is COc1ccc(CC(=O)NC2CCC(C)CC2)cc1S(=O)(=O)N1CCOCC1. The van der Waals surface area contributed by atoms with Crippen LogP contribution in [0.3, 0.4) is 0 Å². The van der Waals surface area contributed by atoms with E-state index in [4.69, 9.17) is 9.47 Å². The summed E-state index contributed by atoms with van der Waals surface area (Å²) in [5.74, 6) is 0.944. The van der Waals surface area contributed by atoms with Gasteiger partial charge in [-0.25, -0.2) is 8.42 Å². The van der Waals surface area contributed by atoms with Gasteiger partial charge in [-0.05, 0) is 49.3 Å². The maximum absolute atomic E-state index is 13.0. The van der Waals surface area contributed by atoms with E-state index in [1.54, 1.807) is 18.2 Å². The molecule has 1 amide bonds. The number of amides is 1. The predicted octanol–water partition coefficient (Wildman–Crippen LogP) is 1.95. The molecule has 7 nitrogen and oxygen atoms in total. The Hall–Kier alpha value is -1.64. The van der Waals surface area contributed by atoms with Crippen LogP contribution in [0.1, 0.15) is 38.2 Å². The molecule has 0 spiro atoms. The van der Waals surface area contributed by atoms with Crippen molar-refractivity contribution in [3.63, 3.8) is 0 Å². The zero-order chi connectivity index (χ0) is 20.1. The number of ether oxygens (including phenoxy) is 2. The number of rotatable bonds is 6. The van der Waals surface area contributed by atoms with Crippen molar-refractivity contribution in [2.75, 3.05) is 33.4 Å². The van der Waals surface area contributed by atoms with Crippen molar-refractivity contribution >= 4 is 15.9 Å². The Labute approximate surface area is 167 Å². The van der Waals surface area contributed by atoms with Gasteiger partial charge in [-0.15, -0.1) is 0 Å². The normalized spacial score (nSPS) is 23.9. The molecule has 2 fully saturated rings. The lowest BCUT2D eigenvalue weighted by atomic mass is 9.87. The number of sulfonamides is 1. The van der Waals surface area contributed by atoms with Gasteiger partial charge in [-0.2, -0.15) is 4.31 Å². The van der Waals surface area contributed by atoms with Crippen LogP contribution in [-0.2, 0) is 26.0 Å². The number of morpholine rings is 1. The second-order valence-corrected chi connectivity index (χ2v) is 9.61. The minimum Gasteiger partial charge on any atom is -0.495 e. The van der Waals surface area contributed by atoms with Crippen LogP contribution >= 0.6 is 0 Å². The Kier molecular flexibility index (Phi) is 6.95. The number of carbonyl (C=O) groups is 1. The summed E-state index contributed by atoms with van der Waals surface area (Å²) in [4.78, 5) is 12.6. The second-order valence-electron chi connectivity index (χ2n) is 7.70. The van der Waals surface area contributed by atoms with E-state index in [2.05, 4.69) is 12.2 Å². The van der Waals surface area contributed by atoms with Crippen LogP contribution in [-0.4, -0.2) is 58.1 Å². The molecular weight excluding hydrogens is 380 g/mol. The highest BCUT2D eigenvalue weighted by Gasteiger charge is 2.29. The lowest BCUT2D eigenvalue weighted by molar-refractivity contribution is -0.121. The Morgan fingerprint density at radius 1 is 1.21 bits per heavy atom. The molecule has 0 atom stereocenters. The summed E-state index contributed by atoms with van der Waals surface area (Å²) in [5.41, 5.74) is 0.661. The minimum atomic E-state index is -3.70. The van der Waals surface area contributed by atoms with E-state index in [-0.39, 0.29) is 29.0 Å². The molecule has 1 saturated carbocycles. The third kappa shape index (κ3) is 5.04. The van der Waals surface area contributed by atoms with E-state index in [0.29, 0.717) is 31.9 Å². The highest BCUT2D eigenvalue weighted by Crippen LogP contribution is 2.29. The summed E-state index contributed by atoms with van der Waals surface area (Å²) < 4.78 is 38.0. The van der Waals surface area contributed by atoms with E-state index in [0.717, 1.165) is 31.6 Å². The summed E-state index contributed by atoms with van der Waals surface area (Å²) in [6.45, 7) is 3.63. The topological polar surface area (TPSA) is 84.9 Å². The van der Waals surface area contributed by atoms with Gasteiger partial charge in [-0.3, -0.25) is 4.79 Å². The third-order valence-corrected chi connectivity index (χ3v) is 7.48. The molecule has 0 bridgehead atoms. The molecule has 1 aliphatic carbocycles. The first-order valence-electron chi connectivity index (χ1n) is 9.94. The van der Waals surface area contributed by atoms with Crippen molar-refractivity contribution in [3.05, 3.63) is 23.8 Å². The van der Waals surface area contributed by atoms with E-state index >= 15 is 0 Å². The van der Waals surface area contributed by atoms with E-state index < -0.39 is 10.0 Å². The van der Waals surface area contributed by atoms with Gasteiger partial charge in [0.2, 0.25) is 15.9 Å². The number of nitrogens with zero attached hydrogens (tertiary/aromatic N) is 1. The Bertz CT molecular complexity index is 782. The van der Waals surface area contributed by atoms with Crippen LogP contribution in [0.4, 0.5) is 0 Å². The monoisotopic (exact) mass is 410 g/mol. The van der Waals surface area contributed by atoms with E-state index in [1.807, 2.05) is 0 Å². The largest absolute Gasteiger partial charge is 0.495 e. The lowest BCUT2D eigenvalue weighted by Crippen LogP contribution is -2.40. The quantitative estimate of drug-likeness (QED) is 0.775. The molecule has 8 heteroatoms. The van der Waals surface area contributed by atoms with Gasteiger partial charge < -0.3 is 14.8 Å². The third-order valence-electron chi connectivity index (χ3n) is 5.56. The molecule has 0 unspecified atom stereocenters. The molecule has 156 valence electrons. The number of methoxy groups -OCH3 is 1. The fourth-order valence-electron chi connectivity index (χ4n) is 3.83. The van der Waals surface area contributed by atoms with E-state index in [9.17, 15) is 13.2 Å². The highest BCUT2D eigenvalue weighted by atomic mass is 32.2. The molecule has 1 N–H and O–H groups in total. The van der Waals surface area contributed by atoms with Gasteiger partial charge >= 0.3 is 0 Å². The number of hydrogen-bond acceptors (Lipinski definition) is 5. The molecular formula is C20H30N2O5S. The molecule has 2 aliphatic rings. The number of nitrogens with one attached hydrogen (secondary N) is 1. The van der Waals surface area contributed by atoms with Crippen LogP contribution in [0.2, 0.25) is 0 Å². The van der Waals surface area contributed by atoms with Crippen LogP contribution in [0.5, 0.6) is 5.75 Å². The zero-order valence-corrected chi connectivity index (χ0v) is 17.5. The Balaban J connectivity index is 1.72. The summed E-state index contributed by atoms with van der Waals surface area (Å²) >= 11 is 0. The average molecular weight is 411 g/mol. The van der Waals surface area contributed by atoms with Crippen molar-refractivity contribution in [1.82, 2.24) is 9.62 Å². The maximum atomic E-state index is 13.0. The fourth-order valence-corrected chi connectivity index (χ4v) is 5.44. The number of carbonyl (C=O) groups excluding carboxylic acids is 1. The molecule has 1 aromatic carbocycles. The first-order chi connectivity index (χ1) is 13.4. The van der Waals surface area contributed by atoms with Crippen molar-refractivity contribution in [3.8, 4) is 5.75 Å². The minimum absolute atomic E-state index is 0.0700. The molecule has 28 heavy (non-hydrogen) atoms. The van der Waals surface area contributed by atoms with Crippen LogP contribution < -0.4 is 10.1 Å². The van der Waals surface area contributed by atoms with Crippen LogP contribution in [0, 0.1) is 5.92 Å². The standard InChI is InChI=1S/C20H30N2O5S/c1-15-3-6-17(7-4-15)21-20(23)14-16-5-8-18(26-2)19(13-16)28(24,25)22-9-11-27-12-10-22/h5,8,13,15,17H,3-4,6-7,9-12,14H2,1-2H3,(H,21,23). The van der Waals surface area contributed by atoms with Gasteiger partial charge in [-0.1, -0.05) is 13.0 Å². The molecule has 3 rings (SSSR count). The molecule has 1 aliphatic heterocycles. The lowest BCUT2D eigenvalue weighted by Gasteiger charge is -2.27. The molecule has 1 aromatic rings. The molecule has 1 saturated heterocycles. The van der Waals surface area contributed by atoms with Crippen molar-refractivity contribution in [1.29, 1.82) is 0 Å². The number of benzene rings is 1. The highest BCUT2D eigenvalue weighted by molar-refractivity contribution is 7.89.